The second-order valence-electron chi connectivity index (χ2n) is 4.46. The van der Waals surface area contributed by atoms with Crippen LogP contribution in [0.15, 0.2) is 46.2 Å². The Balaban J connectivity index is 1.78. The Morgan fingerprint density at radius 3 is 2.55 bits per heavy atom. The minimum Gasteiger partial charge on any atom is -0.252 e. The molecule has 0 amide bonds. The summed E-state index contributed by atoms with van der Waals surface area (Å²) < 4.78 is 54.1. The number of benzene rings is 1. The van der Waals surface area contributed by atoms with Crippen LogP contribution in [0.3, 0.4) is 0 Å². The Hall–Kier alpha value is -2.29. The Bertz CT molecular complexity index is 830. The Kier molecular flexibility index (Phi) is 3.65. The van der Waals surface area contributed by atoms with Crippen LogP contribution in [0.5, 0.6) is 0 Å². The van der Waals surface area contributed by atoms with Gasteiger partial charge in [-0.2, -0.15) is 13.2 Å². The molecule has 22 heavy (non-hydrogen) atoms. The van der Waals surface area contributed by atoms with Crippen molar-refractivity contribution in [3.63, 3.8) is 0 Å². The zero-order valence-corrected chi connectivity index (χ0v) is 11.7. The topological polar surface area (TPSA) is 68.9 Å². The van der Waals surface area contributed by atoms with Crippen molar-refractivity contribution < 1.29 is 22.0 Å². The predicted molar refractivity (Wildman–Crippen MR) is 71.2 cm³/mol. The molecule has 0 aliphatic heterocycles. The molecule has 0 spiro atoms. The van der Waals surface area contributed by atoms with Crippen LogP contribution in [0.2, 0.25) is 0 Å². The molecule has 1 aromatic carbocycles. The molecular weight excluding hydrogens is 319 g/mol. The Morgan fingerprint density at radius 1 is 1.09 bits per heavy atom. The molecule has 1 atom stereocenters. The smallest absolute Gasteiger partial charge is 0.252 e. The summed E-state index contributed by atoms with van der Waals surface area (Å²) in [6, 6.07) is 7.01. The van der Waals surface area contributed by atoms with Gasteiger partial charge in [0.25, 0.3) is 0 Å². The second kappa shape index (κ2) is 5.48. The largest absolute Gasteiger partial charge is 0.417 e. The summed E-state index contributed by atoms with van der Waals surface area (Å²) in [6.45, 7) is 0. The van der Waals surface area contributed by atoms with Crippen LogP contribution in [0.1, 0.15) is 11.1 Å². The van der Waals surface area contributed by atoms with Crippen molar-refractivity contribution >= 4 is 21.8 Å². The monoisotopic (exact) mass is 327 g/mol. The van der Waals surface area contributed by atoms with Gasteiger partial charge in [-0.25, -0.2) is 9.61 Å². The van der Waals surface area contributed by atoms with E-state index in [4.69, 9.17) is 0 Å². The summed E-state index contributed by atoms with van der Waals surface area (Å²) >= 11 is 0. The molecule has 2 heterocycles. The van der Waals surface area contributed by atoms with Gasteiger partial charge in [0.15, 0.2) is 0 Å². The number of aromatic nitrogens is 3. The number of nitrogens with zero attached hydrogens (tertiary/aromatic N) is 3. The number of alkyl halides is 3. The number of fused-ring (bicyclic) bond motifs is 1. The van der Waals surface area contributed by atoms with Crippen LogP contribution < -0.4 is 0 Å². The second-order valence-corrected chi connectivity index (χ2v) is 5.86. The molecule has 0 aliphatic carbocycles. The zero-order chi connectivity index (χ0) is 15.7. The highest BCUT2D eigenvalue weighted by Crippen LogP contribution is 2.28. The minimum absolute atomic E-state index is 0.0892. The number of rotatable bonds is 3. The first-order valence-corrected chi connectivity index (χ1v) is 7.38. The maximum atomic E-state index is 12.4. The Labute approximate surface area is 124 Å². The van der Waals surface area contributed by atoms with Crippen molar-refractivity contribution in [1.82, 2.24) is 15.3 Å². The maximum Gasteiger partial charge on any atom is 0.417 e. The molecule has 114 valence electrons. The van der Waals surface area contributed by atoms with Crippen molar-refractivity contribution in [2.24, 2.45) is 0 Å². The molecule has 2 aromatic heterocycles. The molecule has 0 saturated carbocycles. The van der Waals surface area contributed by atoms with E-state index < -0.39 is 22.5 Å². The molecule has 0 aliphatic rings. The van der Waals surface area contributed by atoms with Gasteiger partial charge in [-0.15, -0.1) is 0 Å². The predicted octanol–water partition coefficient (Wildman–Crippen LogP) is 2.94. The van der Waals surface area contributed by atoms with Crippen molar-refractivity contribution in [3.8, 4) is 0 Å². The summed E-state index contributed by atoms with van der Waals surface area (Å²) in [7, 11) is -1.56. The van der Waals surface area contributed by atoms with E-state index in [2.05, 4.69) is 19.9 Å². The lowest BCUT2D eigenvalue weighted by atomic mass is 10.2. The minimum atomic E-state index is -4.46. The van der Waals surface area contributed by atoms with Crippen LogP contribution in [-0.2, 0) is 22.7 Å². The molecule has 5 nitrogen and oxygen atoms in total. The highest BCUT2D eigenvalue weighted by Gasteiger charge is 2.30. The van der Waals surface area contributed by atoms with Crippen molar-refractivity contribution in [2.45, 2.75) is 17.0 Å². The molecule has 3 rings (SSSR count). The van der Waals surface area contributed by atoms with Crippen LogP contribution in [0, 0.1) is 0 Å². The van der Waals surface area contributed by atoms with E-state index in [1.165, 1.54) is 0 Å². The van der Waals surface area contributed by atoms with Crippen LogP contribution in [0.4, 0.5) is 13.2 Å². The maximum absolute atomic E-state index is 12.4. The van der Waals surface area contributed by atoms with E-state index in [0.717, 1.165) is 12.1 Å². The fourth-order valence-electron chi connectivity index (χ4n) is 1.83. The van der Waals surface area contributed by atoms with Crippen molar-refractivity contribution in [3.05, 3.63) is 47.7 Å². The lowest BCUT2D eigenvalue weighted by molar-refractivity contribution is -0.137. The number of pyridine rings is 1. The average Bonchev–Trinajstić information content (AvgIpc) is 2.94. The van der Waals surface area contributed by atoms with E-state index in [1.54, 1.807) is 18.2 Å². The molecule has 0 saturated heterocycles. The standard InChI is InChI=1S/C13H8F3N3O2S/c14-13(15,16)9-2-4-12(17-6-9)22(20)7-8-1-3-10-11(5-8)19-21-18-10/h1-6H,7H2/t22-/m1/s1. The van der Waals surface area contributed by atoms with Gasteiger partial charge >= 0.3 is 6.18 Å². The molecule has 0 radical (unpaired) electrons. The van der Waals surface area contributed by atoms with E-state index in [9.17, 15) is 17.4 Å². The first-order valence-electron chi connectivity index (χ1n) is 6.06. The summed E-state index contributed by atoms with van der Waals surface area (Å²) in [5, 5.41) is 7.41. The van der Waals surface area contributed by atoms with Gasteiger partial charge in [0.1, 0.15) is 16.1 Å². The summed E-state index contributed by atoms with van der Waals surface area (Å²) in [4.78, 5) is 3.63. The first kappa shape index (κ1) is 14.6. The van der Waals surface area contributed by atoms with Crippen LogP contribution in [0.25, 0.3) is 11.0 Å². The normalized spacial score (nSPS) is 13.4. The highest BCUT2D eigenvalue weighted by molar-refractivity contribution is 7.84. The number of hydrogen-bond acceptors (Lipinski definition) is 5. The Morgan fingerprint density at radius 2 is 1.86 bits per heavy atom. The quantitative estimate of drug-likeness (QED) is 0.740. The highest BCUT2D eigenvalue weighted by atomic mass is 32.2. The van der Waals surface area contributed by atoms with E-state index in [-0.39, 0.29) is 10.8 Å². The molecule has 0 bridgehead atoms. The summed E-state index contributed by atoms with van der Waals surface area (Å²) in [5.74, 6) is 0.112. The zero-order valence-electron chi connectivity index (χ0n) is 10.9. The lowest BCUT2D eigenvalue weighted by Crippen LogP contribution is -2.07. The van der Waals surface area contributed by atoms with Gasteiger partial charge in [-0.05, 0) is 40.1 Å². The third-order valence-corrected chi connectivity index (χ3v) is 4.22. The van der Waals surface area contributed by atoms with E-state index >= 15 is 0 Å². The van der Waals surface area contributed by atoms with Gasteiger partial charge in [0.2, 0.25) is 0 Å². The number of hydrogen-bond donors (Lipinski definition) is 0. The fourth-order valence-corrected chi connectivity index (χ4v) is 2.85. The lowest BCUT2D eigenvalue weighted by Gasteiger charge is -2.07. The van der Waals surface area contributed by atoms with Crippen molar-refractivity contribution in [2.75, 3.05) is 0 Å². The van der Waals surface area contributed by atoms with E-state index in [0.29, 0.717) is 22.8 Å². The first-order chi connectivity index (χ1) is 10.4. The van der Waals surface area contributed by atoms with Gasteiger partial charge in [-0.3, -0.25) is 4.21 Å². The third kappa shape index (κ3) is 2.98. The summed E-state index contributed by atoms with van der Waals surface area (Å²) in [6.07, 6.45) is -3.78. The molecule has 0 unspecified atom stereocenters. The van der Waals surface area contributed by atoms with E-state index in [1.807, 2.05) is 0 Å². The average molecular weight is 327 g/mol. The van der Waals surface area contributed by atoms with Crippen molar-refractivity contribution in [1.29, 1.82) is 0 Å². The van der Waals surface area contributed by atoms with Gasteiger partial charge in [-0.1, -0.05) is 6.07 Å². The molecule has 0 fully saturated rings. The number of halogens is 3. The molecular formula is C13H8F3N3O2S. The van der Waals surface area contributed by atoms with Gasteiger partial charge in [0.05, 0.1) is 22.1 Å². The SMILES string of the molecule is O=[S@](Cc1ccc2nonc2c1)c1ccc(C(F)(F)F)cn1. The van der Waals surface area contributed by atoms with Gasteiger partial charge < -0.3 is 0 Å². The molecule has 0 N–H and O–H groups in total. The van der Waals surface area contributed by atoms with Crippen LogP contribution >= 0.6 is 0 Å². The van der Waals surface area contributed by atoms with Crippen LogP contribution in [-0.4, -0.2) is 19.5 Å². The fraction of sp³-hybridized carbons (Fsp3) is 0.154. The summed E-state index contributed by atoms with van der Waals surface area (Å²) in [5.41, 5.74) is 0.920. The van der Waals surface area contributed by atoms with Gasteiger partial charge in [0, 0.05) is 6.20 Å². The molecule has 3 aromatic rings. The molecule has 9 heteroatoms. The third-order valence-electron chi connectivity index (χ3n) is 2.91.